The van der Waals surface area contributed by atoms with E-state index < -0.39 is 0 Å². The average molecular weight is 451 g/mol. The molecule has 0 aromatic heterocycles. The van der Waals surface area contributed by atoms with E-state index in [4.69, 9.17) is 9.47 Å². The van der Waals surface area contributed by atoms with Gasteiger partial charge in [-0.2, -0.15) is 0 Å². The van der Waals surface area contributed by atoms with Crippen LogP contribution in [0, 0.1) is 0 Å². The van der Waals surface area contributed by atoms with Gasteiger partial charge in [-0.25, -0.2) is 0 Å². The van der Waals surface area contributed by atoms with Gasteiger partial charge in [0, 0.05) is 0 Å². The minimum Gasteiger partial charge on any atom is -0.489 e. The van der Waals surface area contributed by atoms with E-state index in [1.54, 1.807) is 12.2 Å². The molecule has 3 aromatic rings. The Bertz CT molecular complexity index is 1120. The molecule has 0 spiro atoms. The van der Waals surface area contributed by atoms with Gasteiger partial charge in [0.05, 0.1) is 0 Å². The van der Waals surface area contributed by atoms with Crippen molar-refractivity contribution in [2.45, 2.75) is 25.7 Å². The van der Waals surface area contributed by atoms with Crippen LogP contribution in [0.2, 0.25) is 0 Å². The lowest BCUT2D eigenvalue weighted by Gasteiger charge is -2.12. The molecular formula is C32H34O2. The van der Waals surface area contributed by atoms with Crippen LogP contribution >= 0.6 is 0 Å². The molecule has 0 aliphatic heterocycles. The first-order valence-corrected chi connectivity index (χ1v) is 11.7. The Morgan fingerprint density at radius 2 is 1.00 bits per heavy atom. The van der Waals surface area contributed by atoms with Crippen LogP contribution in [-0.2, 0) is 25.7 Å². The number of rotatable bonds is 14. The number of hydrogen-bond donors (Lipinski definition) is 0. The lowest BCUT2D eigenvalue weighted by atomic mass is 9.98. The van der Waals surface area contributed by atoms with Gasteiger partial charge in [0.15, 0.2) is 0 Å². The van der Waals surface area contributed by atoms with Gasteiger partial charge in [0.25, 0.3) is 0 Å². The smallest absolute Gasteiger partial charge is 0.123 e. The zero-order valence-electron chi connectivity index (χ0n) is 20.0. The van der Waals surface area contributed by atoms with E-state index >= 15 is 0 Å². The summed E-state index contributed by atoms with van der Waals surface area (Å²) in [6, 6.07) is 21.7. The Morgan fingerprint density at radius 3 is 1.59 bits per heavy atom. The summed E-state index contributed by atoms with van der Waals surface area (Å²) in [4.78, 5) is 0. The second-order valence-electron chi connectivity index (χ2n) is 8.24. The molecule has 0 N–H and O–H groups in total. The van der Waals surface area contributed by atoms with E-state index in [9.17, 15) is 0 Å². The standard InChI is InChI=1S/C32H34O2/c1-5-9-29-17-15-28(24-32(29)34-20-8-4)22-26-13-11-25(12-14-26)21-27-16-18-31(33-19-7-3)30(23-27)10-6-2/h5-8,11-18,23-24H,1-4,9-10,19-22H2. The Kier molecular flexibility index (Phi) is 9.54. The average Bonchev–Trinajstić information content (AvgIpc) is 2.85. The number of hydrogen-bond acceptors (Lipinski definition) is 2. The maximum atomic E-state index is 5.87. The second kappa shape index (κ2) is 13.1. The molecule has 0 bridgehead atoms. The van der Waals surface area contributed by atoms with Crippen LogP contribution in [0.25, 0.3) is 0 Å². The van der Waals surface area contributed by atoms with Crippen molar-refractivity contribution in [3.63, 3.8) is 0 Å². The zero-order valence-corrected chi connectivity index (χ0v) is 20.0. The lowest BCUT2D eigenvalue weighted by molar-refractivity contribution is 0.359. The minimum atomic E-state index is 0.498. The summed E-state index contributed by atoms with van der Waals surface area (Å²) in [6.45, 7) is 16.2. The molecule has 3 rings (SSSR count). The molecule has 0 saturated carbocycles. The summed E-state index contributed by atoms with van der Waals surface area (Å²) < 4.78 is 11.7. The van der Waals surface area contributed by atoms with Crippen molar-refractivity contribution in [3.05, 3.63) is 145 Å². The van der Waals surface area contributed by atoms with Gasteiger partial charge in [-0.1, -0.05) is 86.0 Å². The first-order valence-electron chi connectivity index (χ1n) is 11.7. The zero-order chi connectivity index (χ0) is 24.2. The molecule has 2 nitrogen and oxygen atoms in total. The van der Waals surface area contributed by atoms with Gasteiger partial charge in [0.1, 0.15) is 24.7 Å². The molecule has 0 heterocycles. The third-order valence-corrected chi connectivity index (χ3v) is 5.54. The number of benzene rings is 3. The largest absolute Gasteiger partial charge is 0.489 e. The SMILES string of the molecule is C=CCOc1ccc(Cc2ccc(Cc3ccc(CC=C)c(OCC=C)c3)cc2)cc1CC=C. The second-order valence-corrected chi connectivity index (χ2v) is 8.24. The fourth-order valence-corrected chi connectivity index (χ4v) is 3.91. The van der Waals surface area contributed by atoms with E-state index in [-0.39, 0.29) is 0 Å². The molecule has 0 aliphatic rings. The van der Waals surface area contributed by atoms with E-state index in [1.165, 1.54) is 22.3 Å². The van der Waals surface area contributed by atoms with Gasteiger partial charge in [-0.05, 0) is 71.2 Å². The van der Waals surface area contributed by atoms with Crippen LogP contribution in [0.1, 0.15) is 33.4 Å². The Hall–Kier alpha value is -3.78. The first kappa shape index (κ1) is 24.9. The molecule has 2 heteroatoms. The van der Waals surface area contributed by atoms with Gasteiger partial charge >= 0.3 is 0 Å². The van der Waals surface area contributed by atoms with Crippen LogP contribution < -0.4 is 9.47 Å². The van der Waals surface area contributed by atoms with Crippen molar-refractivity contribution in [1.82, 2.24) is 0 Å². The quantitative estimate of drug-likeness (QED) is 0.237. The summed E-state index contributed by atoms with van der Waals surface area (Å²) in [5.41, 5.74) is 7.34. The highest BCUT2D eigenvalue weighted by molar-refractivity contribution is 5.42. The fraction of sp³-hybridized carbons (Fsp3) is 0.188. The molecule has 174 valence electrons. The van der Waals surface area contributed by atoms with Gasteiger partial charge in [-0.15, -0.1) is 13.2 Å². The highest BCUT2D eigenvalue weighted by Gasteiger charge is 2.07. The molecule has 0 saturated heterocycles. The van der Waals surface area contributed by atoms with E-state index in [0.717, 1.165) is 48.3 Å². The van der Waals surface area contributed by atoms with Gasteiger partial charge < -0.3 is 9.47 Å². The topological polar surface area (TPSA) is 18.5 Å². The van der Waals surface area contributed by atoms with Crippen LogP contribution in [0.4, 0.5) is 0 Å². The van der Waals surface area contributed by atoms with Crippen LogP contribution in [0.5, 0.6) is 11.5 Å². The third kappa shape index (κ3) is 7.11. The van der Waals surface area contributed by atoms with Crippen LogP contribution in [0.15, 0.2) is 111 Å². The van der Waals surface area contributed by atoms with Crippen molar-refractivity contribution in [2.24, 2.45) is 0 Å². The van der Waals surface area contributed by atoms with E-state index in [0.29, 0.717) is 13.2 Å². The molecule has 0 radical (unpaired) electrons. The first-order chi connectivity index (χ1) is 16.7. The monoisotopic (exact) mass is 450 g/mol. The summed E-state index contributed by atoms with van der Waals surface area (Å²) in [7, 11) is 0. The maximum absolute atomic E-state index is 5.87. The summed E-state index contributed by atoms with van der Waals surface area (Å²) in [5, 5.41) is 0. The molecule has 0 aliphatic carbocycles. The van der Waals surface area contributed by atoms with Crippen molar-refractivity contribution < 1.29 is 9.47 Å². The van der Waals surface area contributed by atoms with E-state index in [2.05, 4.69) is 80.9 Å². The Morgan fingerprint density at radius 1 is 0.500 bits per heavy atom. The predicted octanol–water partition coefficient (Wildman–Crippen LogP) is 7.45. The molecule has 34 heavy (non-hydrogen) atoms. The van der Waals surface area contributed by atoms with Gasteiger partial charge in [0.2, 0.25) is 0 Å². The maximum Gasteiger partial charge on any atom is 0.123 e. The Labute approximate surface area is 204 Å². The molecule has 0 amide bonds. The van der Waals surface area contributed by atoms with Crippen molar-refractivity contribution >= 4 is 0 Å². The Balaban J connectivity index is 1.70. The highest BCUT2D eigenvalue weighted by Crippen LogP contribution is 2.25. The number of ether oxygens (including phenoxy) is 2. The van der Waals surface area contributed by atoms with Gasteiger partial charge in [-0.3, -0.25) is 0 Å². The minimum absolute atomic E-state index is 0.498. The predicted molar refractivity (Wildman–Crippen MR) is 144 cm³/mol. The van der Waals surface area contributed by atoms with Crippen molar-refractivity contribution in [2.75, 3.05) is 13.2 Å². The number of allylic oxidation sites excluding steroid dienone is 2. The molecule has 0 atom stereocenters. The van der Waals surface area contributed by atoms with Crippen LogP contribution in [0.3, 0.4) is 0 Å². The molecule has 0 unspecified atom stereocenters. The van der Waals surface area contributed by atoms with Crippen molar-refractivity contribution in [3.8, 4) is 11.5 Å². The summed E-state index contributed by atoms with van der Waals surface area (Å²) in [6.07, 6.45) is 10.6. The summed E-state index contributed by atoms with van der Waals surface area (Å²) in [5.74, 6) is 1.80. The molecule has 0 fully saturated rings. The third-order valence-electron chi connectivity index (χ3n) is 5.54. The lowest BCUT2D eigenvalue weighted by Crippen LogP contribution is -1.99. The summed E-state index contributed by atoms with van der Waals surface area (Å²) >= 11 is 0. The normalized spacial score (nSPS) is 10.4. The van der Waals surface area contributed by atoms with Crippen LogP contribution in [-0.4, -0.2) is 13.2 Å². The highest BCUT2D eigenvalue weighted by atomic mass is 16.5. The molecule has 3 aromatic carbocycles. The molecular weight excluding hydrogens is 416 g/mol. The van der Waals surface area contributed by atoms with Crippen molar-refractivity contribution in [1.29, 1.82) is 0 Å². The fourth-order valence-electron chi connectivity index (χ4n) is 3.91. The van der Waals surface area contributed by atoms with E-state index in [1.807, 2.05) is 18.2 Å².